The highest BCUT2D eigenvalue weighted by molar-refractivity contribution is 7.13. The van der Waals surface area contributed by atoms with Gasteiger partial charge in [0.05, 0.1) is 23.3 Å². The quantitative estimate of drug-likeness (QED) is 0.678. The number of anilines is 1. The van der Waals surface area contributed by atoms with Crippen molar-refractivity contribution < 1.29 is 4.74 Å². The molecule has 1 aliphatic heterocycles. The van der Waals surface area contributed by atoms with Gasteiger partial charge >= 0.3 is 0 Å². The van der Waals surface area contributed by atoms with Crippen molar-refractivity contribution in [1.29, 1.82) is 0 Å². The third kappa shape index (κ3) is 3.53. The van der Waals surface area contributed by atoms with Gasteiger partial charge in [0.1, 0.15) is 5.82 Å². The Balaban J connectivity index is 1.38. The molecule has 3 heterocycles. The smallest absolute Gasteiger partial charge is 0.150 e. The zero-order chi connectivity index (χ0) is 17.1. The Morgan fingerprint density at radius 1 is 1.16 bits per heavy atom. The fraction of sp³-hybridized carbons (Fsp3) is 0.444. The van der Waals surface area contributed by atoms with Crippen molar-refractivity contribution in [3.05, 3.63) is 42.5 Å². The second-order valence-electron chi connectivity index (χ2n) is 6.34. The summed E-state index contributed by atoms with van der Waals surface area (Å²) in [7, 11) is 1.73. The molecular formula is C18H23N5OS. The molecule has 1 saturated heterocycles. The van der Waals surface area contributed by atoms with E-state index in [1.165, 1.54) is 15.8 Å². The van der Waals surface area contributed by atoms with Gasteiger partial charge < -0.3 is 14.2 Å². The summed E-state index contributed by atoms with van der Waals surface area (Å²) < 4.78 is 13.3. The second-order valence-corrected chi connectivity index (χ2v) is 7.14. The maximum Gasteiger partial charge on any atom is 0.150 e. The summed E-state index contributed by atoms with van der Waals surface area (Å²) in [6, 6.07) is 8.50. The molecule has 0 aliphatic carbocycles. The van der Waals surface area contributed by atoms with Gasteiger partial charge in [-0.25, -0.2) is 4.98 Å². The van der Waals surface area contributed by atoms with Crippen molar-refractivity contribution in [3.63, 3.8) is 0 Å². The highest BCUT2D eigenvalue weighted by Gasteiger charge is 2.21. The van der Waals surface area contributed by atoms with E-state index < -0.39 is 0 Å². The SMILES string of the molecule is COCCn1cncc1CN1CCN(c2nsc3ccccc23)CC1. The number of aromatic nitrogens is 3. The summed E-state index contributed by atoms with van der Waals surface area (Å²) in [4.78, 5) is 9.20. The van der Waals surface area contributed by atoms with Crippen LogP contribution in [0.5, 0.6) is 0 Å². The number of hydrogen-bond acceptors (Lipinski definition) is 6. The first-order chi connectivity index (χ1) is 12.3. The molecule has 25 heavy (non-hydrogen) atoms. The molecule has 0 spiro atoms. The van der Waals surface area contributed by atoms with Crippen LogP contribution in [-0.4, -0.2) is 58.7 Å². The Hall–Kier alpha value is -1.96. The van der Waals surface area contributed by atoms with Crippen molar-refractivity contribution in [1.82, 2.24) is 18.8 Å². The lowest BCUT2D eigenvalue weighted by Crippen LogP contribution is -2.46. The zero-order valence-electron chi connectivity index (χ0n) is 14.5. The first kappa shape index (κ1) is 16.5. The second kappa shape index (κ2) is 7.51. The average molecular weight is 357 g/mol. The average Bonchev–Trinajstić information content (AvgIpc) is 3.27. The molecule has 6 nitrogen and oxygen atoms in total. The van der Waals surface area contributed by atoms with Crippen LogP contribution in [0.2, 0.25) is 0 Å². The van der Waals surface area contributed by atoms with Crippen molar-refractivity contribution in [2.24, 2.45) is 0 Å². The minimum Gasteiger partial charge on any atom is -0.383 e. The number of rotatable bonds is 6. The zero-order valence-corrected chi connectivity index (χ0v) is 15.3. The van der Waals surface area contributed by atoms with E-state index in [0.29, 0.717) is 6.61 Å². The highest BCUT2D eigenvalue weighted by atomic mass is 32.1. The predicted octanol–water partition coefficient (Wildman–Crippen LogP) is 2.46. The van der Waals surface area contributed by atoms with Gasteiger partial charge in [0, 0.05) is 58.0 Å². The van der Waals surface area contributed by atoms with Gasteiger partial charge in [-0.3, -0.25) is 4.90 Å². The Labute approximate surface area is 151 Å². The monoisotopic (exact) mass is 357 g/mol. The summed E-state index contributed by atoms with van der Waals surface area (Å²) in [5.74, 6) is 1.14. The fourth-order valence-electron chi connectivity index (χ4n) is 3.32. The molecular weight excluding hydrogens is 334 g/mol. The molecule has 0 atom stereocenters. The van der Waals surface area contributed by atoms with Gasteiger partial charge in [0.15, 0.2) is 0 Å². The highest BCUT2D eigenvalue weighted by Crippen LogP contribution is 2.29. The van der Waals surface area contributed by atoms with Crippen molar-refractivity contribution in [2.45, 2.75) is 13.1 Å². The van der Waals surface area contributed by atoms with Crippen LogP contribution in [0.25, 0.3) is 10.1 Å². The molecule has 3 aromatic rings. The number of fused-ring (bicyclic) bond motifs is 1. The van der Waals surface area contributed by atoms with Gasteiger partial charge in [-0.15, -0.1) is 0 Å². The van der Waals surface area contributed by atoms with Crippen LogP contribution in [0.15, 0.2) is 36.8 Å². The van der Waals surface area contributed by atoms with E-state index in [0.717, 1.165) is 45.1 Å². The van der Waals surface area contributed by atoms with Crippen molar-refractivity contribution in [3.8, 4) is 0 Å². The number of hydrogen-bond donors (Lipinski definition) is 0. The lowest BCUT2D eigenvalue weighted by Gasteiger charge is -2.35. The first-order valence-electron chi connectivity index (χ1n) is 8.65. The van der Waals surface area contributed by atoms with Crippen molar-refractivity contribution >= 4 is 27.4 Å². The van der Waals surface area contributed by atoms with Crippen LogP contribution >= 0.6 is 11.5 Å². The maximum absolute atomic E-state index is 5.18. The van der Waals surface area contributed by atoms with Crippen LogP contribution in [0.4, 0.5) is 5.82 Å². The summed E-state index contributed by atoms with van der Waals surface area (Å²) in [6.07, 6.45) is 3.86. The van der Waals surface area contributed by atoms with Crippen LogP contribution in [0.3, 0.4) is 0 Å². The van der Waals surface area contributed by atoms with Gasteiger partial charge in [0.25, 0.3) is 0 Å². The Morgan fingerprint density at radius 2 is 2.00 bits per heavy atom. The molecule has 0 unspecified atom stereocenters. The van der Waals surface area contributed by atoms with Gasteiger partial charge in [-0.05, 0) is 23.7 Å². The van der Waals surface area contributed by atoms with Crippen LogP contribution in [0, 0.1) is 0 Å². The molecule has 2 aromatic heterocycles. The van der Waals surface area contributed by atoms with Crippen molar-refractivity contribution in [2.75, 3.05) is 44.8 Å². The molecule has 132 valence electrons. The number of piperazine rings is 1. The Kier molecular flexibility index (Phi) is 4.96. The fourth-order valence-corrected chi connectivity index (χ4v) is 4.11. The molecule has 0 amide bonds. The lowest BCUT2D eigenvalue weighted by atomic mass is 10.2. The summed E-state index contributed by atoms with van der Waals surface area (Å²) in [5.41, 5.74) is 1.25. The van der Waals surface area contributed by atoms with E-state index >= 15 is 0 Å². The molecule has 4 rings (SSSR count). The van der Waals surface area contributed by atoms with E-state index in [4.69, 9.17) is 4.74 Å². The van der Waals surface area contributed by atoms with Gasteiger partial charge in [-0.1, -0.05) is 12.1 Å². The molecule has 0 bridgehead atoms. The Bertz CT molecular complexity index is 822. The molecule has 7 heteroatoms. The van der Waals surface area contributed by atoms with Gasteiger partial charge in [0.2, 0.25) is 0 Å². The molecule has 1 aliphatic rings. The molecule has 1 fully saturated rings. The van der Waals surface area contributed by atoms with E-state index in [1.807, 2.05) is 12.5 Å². The topological polar surface area (TPSA) is 46.4 Å². The third-order valence-electron chi connectivity index (χ3n) is 4.75. The third-order valence-corrected chi connectivity index (χ3v) is 5.57. The number of benzene rings is 1. The normalized spacial score (nSPS) is 16.0. The van der Waals surface area contributed by atoms with E-state index in [9.17, 15) is 0 Å². The minimum atomic E-state index is 0.716. The van der Waals surface area contributed by atoms with E-state index in [2.05, 4.69) is 48.0 Å². The molecule has 1 aromatic carbocycles. The van der Waals surface area contributed by atoms with Crippen LogP contribution in [-0.2, 0) is 17.8 Å². The summed E-state index contributed by atoms with van der Waals surface area (Å²) in [5, 5.41) is 1.28. The minimum absolute atomic E-state index is 0.716. The first-order valence-corrected chi connectivity index (χ1v) is 9.42. The lowest BCUT2D eigenvalue weighted by molar-refractivity contribution is 0.183. The maximum atomic E-state index is 5.18. The molecule has 0 saturated carbocycles. The summed E-state index contributed by atoms with van der Waals surface area (Å²) in [6.45, 7) is 6.63. The van der Waals surface area contributed by atoms with Crippen LogP contribution in [0.1, 0.15) is 5.69 Å². The number of methoxy groups -OCH3 is 1. The van der Waals surface area contributed by atoms with Crippen LogP contribution < -0.4 is 4.90 Å². The number of ether oxygens (including phenoxy) is 1. The number of nitrogens with zero attached hydrogens (tertiary/aromatic N) is 5. The largest absolute Gasteiger partial charge is 0.383 e. The van der Waals surface area contributed by atoms with E-state index in [1.54, 1.807) is 18.6 Å². The van der Waals surface area contributed by atoms with E-state index in [-0.39, 0.29) is 0 Å². The predicted molar refractivity (Wildman–Crippen MR) is 101 cm³/mol. The number of imidazole rings is 1. The van der Waals surface area contributed by atoms with Gasteiger partial charge in [-0.2, -0.15) is 4.37 Å². The Morgan fingerprint density at radius 3 is 2.84 bits per heavy atom. The summed E-state index contributed by atoms with van der Waals surface area (Å²) >= 11 is 1.59. The standard InChI is InChI=1S/C18H23N5OS/c1-24-11-10-23-14-19-12-15(23)13-21-6-8-22(9-7-21)18-16-4-2-3-5-17(16)25-20-18/h2-5,12,14H,6-11,13H2,1H3. The molecule has 0 radical (unpaired) electrons. The molecule has 0 N–H and O–H groups in total.